The number of fused-ring (bicyclic) bond motifs is 1. The fourth-order valence-electron chi connectivity index (χ4n) is 3.52. The van der Waals surface area contributed by atoms with Crippen molar-refractivity contribution in [3.8, 4) is 27.4 Å². The first-order valence-corrected chi connectivity index (χ1v) is 10.2. The summed E-state index contributed by atoms with van der Waals surface area (Å²) in [7, 11) is 0. The van der Waals surface area contributed by atoms with Gasteiger partial charge in [0.2, 0.25) is 0 Å². The number of phenols is 1. The molecule has 2 aromatic carbocycles. The first-order chi connectivity index (χ1) is 14.4. The molecule has 30 heavy (non-hydrogen) atoms. The Bertz CT molecular complexity index is 1170. The summed E-state index contributed by atoms with van der Waals surface area (Å²) < 4.78 is 0. The number of thiazole rings is 1. The van der Waals surface area contributed by atoms with Crippen molar-refractivity contribution in [1.82, 2.24) is 15.6 Å². The molecule has 0 unspecified atom stereocenters. The van der Waals surface area contributed by atoms with Crippen LogP contribution < -0.4 is 16.4 Å². The molecule has 0 aliphatic carbocycles. The molecule has 0 radical (unpaired) electrons. The quantitative estimate of drug-likeness (QED) is 0.398. The molecule has 0 bridgehead atoms. The number of nitrogens with one attached hydrogen (secondary N) is 2. The lowest BCUT2D eigenvalue weighted by Gasteiger charge is -2.15. The highest BCUT2D eigenvalue weighted by molar-refractivity contribution is 7.13. The topological polar surface area (TPSA) is 138 Å². The number of nitrogens with zero attached hydrogens (tertiary/aromatic N) is 1. The number of aromatic hydroxyl groups is 1. The second kappa shape index (κ2) is 7.77. The number of nitrogen functional groups attached to an aromatic ring is 1. The highest BCUT2D eigenvalue weighted by atomic mass is 32.1. The molecule has 0 spiro atoms. The highest BCUT2D eigenvalue weighted by Crippen LogP contribution is 2.42. The standard InChI is InChI=1S/C21H20N4O4S/c1-10-2-3-11(27)6-12(10)13-7-14(15-8-24-20(29)17(15)18(13)22)21-25-16(9-30-21)19(28)23-4-5-26/h2-3,6-7,9,26-27H,4-5,8,22H2,1H3,(H,23,28)(H,24,29). The molecule has 0 saturated heterocycles. The maximum Gasteiger partial charge on any atom is 0.270 e. The Morgan fingerprint density at radius 3 is 2.87 bits per heavy atom. The van der Waals surface area contributed by atoms with E-state index >= 15 is 0 Å². The summed E-state index contributed by atoms with van der Waals surface area (Å²) in [5.74, 6) is -0.545. The van der Waals surface area contributed by atoms with Gasteiger partial charge in [0.15, 0.2) is 0 Å². The van der Waals surface area contributed by atoms with Crippen LogP contribution in [0.2, 0.25) is 0 Å². The van der Waals surface area contributed by atoms with E-state index in [2.05, 4.69) is 15.6 Å². The van der Waals surface area contributed by atoms with E-state index in [-0.39, 0.29) is 36.4 Å². The van der Waals surface area contributed by atoms with Gasteiger partial charge in [-0.25, -0.2) is 4.98 Å². The van der Waals surface area contributed by atoms with Gasteiger partial charge < -0.3 is 26.6 Å². The smallest absolute Gasteiger partial charge is 0.270 e. The molecule has 0 atom stereocenters. The second-order valence-electron chi connectivity index (χ2n) is 6.94. The molecule has 154 valence electrons. The number of aryl methyl sites for hydroxylation is 1. The van der Waals surface area contributed by atoms with Gasteiger partial charge >= 0.3 is 0 Å². The molecule has 1 aromatic heterocycles. The number of hydrogen-bond donors (Lipinski definition) is 5. The van der Waals surface area contributed by atoms with E-state index in [0.29, 0.717) is 39.5 Å². The number of carbonyl (C=O) groups is 2. The first kappa shape index (κ1) is 19.9. The van der Waals surface area contributed by atoms with Crippen molar-refractivity contribution >= 4 is 28.8 Å². The van der Waals surface area contributed by atoms with Gasteiger partial charge in [0.1, 0.15) is 16.5 Å². The molecule has 9 heteroatoms. The van der Waals surface area contributed by atoms with Crippen molar-refractivity contribution in [3.05, 3.63) is 52.0 Å². The number of aliphatic hydroxyl groups excluding tert-OH is 1. The van der Waals surface area contributed by atoms with Crippen molar-refractivity contribution in [2.75, 3.05) is 18.9 Å². The lowest BCUT2D eigenvalue weighted by Crippen LogP contribution is -2.26. The van der Waals surface area contributed by atoms with E-state index < -0.39 is 0 Å². The van der Waals surface area contributed by atoms with E-state index in [0.717, 1.165) is 11.1 Å². The molecule has 2 heterocycles. The number of nitrogens with two attached hydrogens (primary N) is 1. The zero-order valence-corrected chi connectivity index (χ0v) is 17.0. The Balaban J connectivity index is 1.87. The molecule has 3 aromatic rings. The third-order valence-corrected chi connectivity index (χ3v) is 5.88. The van der Waals surface area contributed by atoms with Crippen LogP contribution in [0.3, 0.4) is 0 Å². The van der Waals surface area contributed by atoms with Crippen LogP contribution >= 0.6 is 11.3 Å². The van der Waals surface area contributed by atoms with Crippen LogP contribution in [0, 0.1) is 6.92 Å². The van der Waals surface area contributed by atoms with Crippen LogP contribution in [-0.2, 0) is 6.54 Å². The Morgan fingerprint density at radius 2 is 2.10 bits per heavy atom. The minimum Gasteiger partial charge on any atom is -0.508 e. The molecule has 4 rings (SSSR count). The Morgan fingerprint density at radius 1 is 1.30 bits per heavy atom. The average molecular weight is 424 g/mol. The van der Waals surface area contributed by atoms with Crippen LogP contribution in [-0.4, -0.2) is 40.2 Å². The van der Waals surface area contributed by atoms with Crippen molar-refractivity contribution in [2.24, 2.45) is 0 Å². The lowest BCUT2D eigenvalue weighted by atomic mass is 9.91. The minimum atomic E-state index is -0.378. The molecule has 0 saturated carbocycles. The lowest BCUT2D eigenvalue weighted by molar-refractivity contribution is 0.0938. The van der Waals surface area contributed by atoms with Crippen LogP contribution in [0.25, 0.3) is 21.7 Å². The summed E-state index contributed by atoms with van der Waals surface area (Å²) in [5, 5.41) is 26.4. The molecular formula is C21H20N4O4S. The number of rotatable bonds is 5. The number of phenolic OH excluding ortho intramolecular Hbond substituents is 1. The highest BCUT2D eigenvalue weighted by Gasteiger charge is 2.29. The van der Waals surface area contributed by atoms with Gasteiger partial charge in [-0.1, -0.05) is 6.07 Å². The van der Waals surface area contributed by atoms with Crippen LogP contribution in [0.1, 0.15) is 32.0 Å². The zero-order chi connectivity index (χ0) is 21.4. The molecule has 1 aliphatic heterocycles. The molecular weight excluding hydrogens is 404 g/mol. The van der Waals surface area contributed by atoms with E-state index in [1.54, 1.807) is 23.6 Å². The molecule has 1 aliphatic rings. The Labute approximate surface area is 176 Å². The van der Waals surface area contributed by atoms with Gasteiger partial charge in [0.05, 0.1) is 17.9 Å². The summed E-state index contributed by atoms with van der Waals surface area (Å²) >= 11 is 1.29. The predicted octanol–water partition coefficient (Wildman–Crippen LogP) is 2.04. The first-order valence-electron chi connectivity index (χ1n) is 9.29. The number of amides is 2. The minimum absolute atomic E-state index is 0.0959. The maximum absolute atomic E-state index is 12.5. The molecule has 0 fully saturated rings. The summed E-state index contributed by atoms with van der Waals surface area (Å²) in [4.78, 5) is 29.1. The third kappa shape index (κ3) is 3.38. The average Bonchev–Trinajstić information content (AvgIpc) is 3.36. The van der Waals surface area contributed by atoms with E-state index in [1.807, 2.05) is 13.0 Å². The van der Waals surface area contributed by atoms with Gasteiger partial charge in [-0.3, -0.25) is 9.59 Å². The Hall–Kier alpha value is -3.43. The summed E-state index contributed by atoms with van der Waals surface area (Å²) in [6, 6.07) is 6.84. The summed E-state index contributed by atoms with van der Waals surface area (Å²) in [6.45, 7) is 2.20. The van der Waals surface area contributed by atoms with Crippen LogP contribution in [0.15, 0.2) is 29.6 Å². The Kier molecular flexibility index (Phi) is 5.15. The van der Waals surface area contributed by atoms with Crippen molar-refractivity contribution in [1.29, 1.82) is 0 Å². The predicted molar refractivity (Wildman–Crippen MR) is 114 cm³/mol. The van der Waals surface area contributed by atoms with Crippen molar-refractivity contribution in [3.63, 3.8) is 0 Å². The SMILES string of the molecule is Cc1ccc(O)cc1-c1cc(-c2nc(C(=O)NCCO)cs2)c2c(c1N)C(=O)NC2. The van der Waals surface area contributed by atoms with Crippen molar-refractivity contribution in [2.45, 2.75) is 13.5 Å². The number of anilines is 1. The van der Waals surface area contributed by atoms with E-state index in [1.165, 1.54) is 11.3 Å². The normalized spacial score (nSPS) is 12.5. The monoisotopic (exact) mass is 424 g/mol. The van der Waals surface area contributed by atoms with Crippen LogP contribution in [0.4, 0.5) is 5.69 Å². The summed E-state index contributed by atoms with van der Waals surface area (Å²) in [6.07, 6.45) is 0. The third-order valence-electron chi connectivity index (χ3n) is 5.00. The number of benzene rings is 2. The van der Waals surface area contributed by atoms with E-state index in [9.17, 15) is 14.7 Å². The largest absolute Gasteiger partial charge is 0.508 e. The van der Waals surface area contributed by atoms with Crippen LogP contribution in [0.5, 0.6) is 5.75 Å². The van der Waals surface area contributed by atoms with Crippen molar-refractivity contribution < 1.29 is 19.8 Å². The van der Waals surface area contributed by atoms with E-state index in [4.69, 9.17) is 10.8 Å². The van der Waals surface area contributed by atoms with Gasteiger partial charge in [0.25, 0.3) is 11.8 Å². The maximum atomic E-state index is 12.5. The van der Waals surface area contributed by atoms with Gasteiger partial charge in [-0.2, -0.15) is 0 Å². The van der Waals surface area contributed by atoms with Gasteiger partial charge in [-0.15, -0.1) is 11.3 Å². The molecule has 2 amide bonds. The number of aliphatic hydroxyl groups is 1. The second-order valence-corrected chi connectivity index (χ2v) is 7.80. The number of aromatic nitrogens is 1. The van der Waals surface area contributed by atoms with Gasteiger partial charge in [0, 0.05) is 29.6 Å². The fourth-order valence-corrected chi connectivity index (χ4v) is 4.36. The summed E-state index contributed by atoms with van der Waals surface area (Å²) in [5.41, 5.74) is 11.0. The van der Waals surface area contributed by atoms with Gasteiger partial charge in [-0.05, 0) is 41.8 Å². The number of carbonyl (C=O) groups excluding carboxylic acids is 2. The number of hydrogen-bond acceptors (Lipinski definition) is 7. The molecule has 6 N–H and O–H groups in total. The molecule has 8 nitrogen and oxygen atoms in total. The zero-order valence-electron chi connectivity index (χ0n) is 16.2. The fraction of sp³-hybridized carbons (Fsp3) is 0.190.